The molecule has 1 aliphatic carbocycles. The molecule has 1 unspecified atom stereocenters. The Bertz CT molecular complexity index is 235. The van der Waals surface area contributed by atoms with E-state index in [4.69, 9.17) is 0 Å². The van der Waals surface area contributed by atoms with E-state index < -0.39 is 0 Å². The minimum absolute atomic E-state index is 0.125. The quantitative estimate of drug-likeness (QED) is 0.693. The van der Waals surface area contributed by atoms with E-state index in [0.717, 1.165) is 18.8 Å². The smallest absolute Gasteiger partial charge is 0.223 e. The number of carbonyl (C=O) groups excluding carboxylic acids is 1. The van der Waals surface area contributed by atoms with Crippen LogP contribution in [0.2, 0.25) is 0 Å². The third-order valence-electron chi connectivity index (χ3n) is 2.63. The molecular weight excluding hydrogens is 186 g/mol. The highest BCUT2D eigenvalue weighted by Crippen LogP contribution is 2.36. The monoisotopic (exact) mass is 209 g/mol. The van der Waals surface area contributed by atoms with Crippen molar-refractivity contribution in [2.24, 2.45) is 11.8 Å². The first kappa shape index (κ1) is 12.3. The number of hydrogen-bond acceptors (Lipinski definition) is 1. The summed E-state index contributed by atoms with van der Waals surface area (Å²) in [6, 6.07) is 0. The van der Waals surface area contributed by atoms with Crippen LogP contribution in [-0.2, 0) is 4.79 Å². The Hall–Kier alpha value is -0.790. The number of hydrogen-bond donors (Lipinski definition) is 1. The van der Waals surface area contributed by atoms with Crippen LogP contribution in [0.5, 0.6) is 0 Å². The Morgan fingerprint density at radius 3 is 2.53 bits per heavy atom. The van der Waals surface area contributed by atoms with Crippen molar-refractivity contribution in [2.45, 2.75) is 52.0 Å². The van der Waals surface area contributed by atoms with Crippen LogP contribution in [0.4, 0.5) is 0 Å². The van der Waals surface area contributed by atoms with Crippen molar-refractivity contribution in [1.29, 1.82) is 0 Å². The van der Waals surface area contributed by atoms with Gasteiger partial charge in [-0.05, 0) is 39.5 Å². The molecule has 15 heavy (non-hydrogen) atoms. The van der Waals surface area contributed by atoms with E-state index in [-0.39, 0.29) is 17.4 Å². The summed E-state index contributed by atoms with van der Waals surface area (Å²) in [7, 11) is 0. The number of amides is 1. The summed E-state index contributed by atoms with van der Waals surface area (Å²) >= 11 is 0. The standard InChI is InChI=1S/C13H23NO/c1-5-6-11(9-10-7-8-10)12(15)14-13(2,3)4/h5,10-11H,1,6-9H2,2-4H3,(H,14,15). The lowest BCUT2D eigenvalue weighted by Gasteiger charge is -2.24. The molecule has 2 nitrogen and oxygen atoms in total. The molecule has 0 aromatic rings. The normalized spacial score (nSPS) is 18.3. The summed E-state index contributed by atoms with van der Waals surface area (Å²) in [4.78, 5) is 12.0. The summed E-state index contributed by atoms with van der Waals surface area (Å²) in [5, 5.41) is 3.05. The van der Waals surface area contributed by atoms with E-state index in [0.29, 0.717) is 0 Å². The minimum atomic E-state index is -0.125. The molecule has 0 radical (unpaired) electrons. The largest absolute Gasteiger partial charge is 0.351 e. The Balaban J connectivity index is 2.45. The van der Waals surface area contributed by atoms with Crippen LogP contribution >= 0.6 is 0 Å². The summed E-state index contributed by atoms with van der Waals surface area (Å²) in [6.45, 7) is 9.79. The van der Waals surface area contributed by atoms with E-state index in [1.54, 1.807) is 0 Å². The van der Waals surface area contributed by atoms with Gasteiger partial charge in [-0.1, -0.05) is 18.9 Å². The molecule has 0 bridgehead atoms. The van der Waals surface area contributed by atoms with Gasteiger partial charge in [-0.2, -0.15) is 0 Å². The first-order valence-corrected chi connectivity index (χ1v) is 5.85. The zero-order valence-corrected chi connectivity index (χ0v) is 10.2. The van der Waals surface area contributed by atoms with Gasteiger partial charge in [-0.25, -0.2) is 0 Å². The van der Waals surface area contributed by atoms with Gasteiger partial charge in [-0.15, -0.1) is 6.58 Å². The minimum Gasteiger partial charge on any atom is -0.351 e. The highest BCUT2D eigenvalue weighted by molar-refractivity contribution is 5.79. The number of allylic oxidation sites excluding steroid dienone is 1. The fourth-order valence-electron chi connectivity index (χ4n) is 1.74. The van der Waals surface area contributed by atoms with Crippen molar-refractivity contribution < 1.29 is 4.79 Å². The van der Waals surface area contributed by atoms with Gasteiger partial charge < -0.3 is 5.32 Å². The molecule has 1 fully saturated rings. The van der Waals surface area contributed by atoms with Crippen molar-refractivity contribution in [2.75, 3.05) is 0 Å². The maximum absolute atomic E-state index is 12.0. The fourth-order valence-corrected chi connectivity index (χ4v) is 1.74. The van der Waals surface area contributed by atoms with E-state index in [2.05, 4.69) is 11.9 Å². The molecule has 1 amide bonds. The molecule has 1 N–H and O–H groups in total. The second kappa shape index (κ2) is 4.82. The number of rotatable bonds is 5. The van der Waals surface area contributed by atoms with Crippen molar-refractivity contribution in [3.63, 3.8) is 0 Å². The molecule has 1 aliphatic rings. The highest BCUT2D eigenvalue weighted by atomic mass is 16.2. The maximum atomic E-state index is 12.0. The molecule has 0 aromatic heterocycles. The molecule has 1 atom stereocenters. The van der Waals surface area contributed by atoms with Crippen molar-refractivity contribution in [3.8, 4) is 0 Å². The van der Waals surface area contributed by atoms with Gasteiger partial charge in [0.05, 0.1) is 0 Å². The van der Waals surface area contributed by atoms with Gasteiger partial charge in [0.25, 0.3) is 0 Å². The Morgan fingerprint density at radius 1 is 1.53 bits per heavy atom. The fraction of sp³-hybridized carbons (Fsp3) is 0.769. The second-order valence-electron chi connectivity index (χ2n) is 5.64. The summed E-state index contributed by atoms with van der Waals surface area (Å²) in [5.41, 5.74) is -0.125. The van der Waals surface area contributed by atoms with Crippen molar-refractivity contribution in [1.82, 2.24) is 5.32 Å². The lowest BCUT2D eigenvalue weighted by molar-refractivity contribution is -0.126. The third-order valence-corrected chi connectivity index (χ3v) is 2.63. The van der Waals surface area contributed by atoms with Gasteiger partial charge in [0.2, 0.25) is 5.91 Å². The van der Waals surface area contributed by atoms with Crippen LogP contribution in [0.3, 0.4) is 0 Å². The topological polar surface area (TPSA) is 29.1 Å². The molecule has 2 heteroatoms. The molecule has 0 saturated heterocycles. The summed E-state index contributed by atoms with van der Waals surface area (Å²) in [6.07, 6.45) is 6.30. The van der Waals surface area contributed by atoms with E-state index in [1.165, 1.54) is 12.8 Å². The third kappa shape index (κ3) is 5.01. The first-order valence-electron chi connectivity index (χ1n) is 5.85. The van der Waals surface area contributed by atoms with Crippen LogP contribution in [0, 0.1) is 11.8 Å². The molecule has 0 aliphatic heterocycles. The summed E-state index contributed by atoms with van der Waals surface area (Å²) in [5.74, 6) is 1.11. The van der Waals surface area contributed by atoms with Gasteiger partial charge in [0.1, 0.15) is 0 Å². The van der Waals surface area contributed by atoms with Crippen LogP contribution < -0.4 is 5.32 Å². The SMILES string of the molecule is C=CCC(CC1CC1)C(=O)NC(C)(C)C. The van der Waals surface area contributed by atoms with Crippen molar-refractivity contribution in [3.05, 3.63) is 12.7 Å². The van der Waals surface area contributed by atoms with Gasteiger partial charge in [0, 0.05) is 11.5 Å². The first-order chi connectivity index (χ1) is 6.92. The van der Waals surface area contributed by atoms with Gasteiger partial charge in [0.15, 0.2) is 0 Å². The predicted octanol–water partition coefficient (Wildman–Crippen LogP) is 2.89. The molecule has 86 valence electrons. The second-order valence-corrected chi connectivity index (χ2v) is 5.64. The van der Waals surface area contributed by atoms with Crippen molar-refractivity contribution >= 4 is 5.91 Å². The molecule has 1 rings (SSSR count). The van der Waals surface area contributed by atoms with Crippen LogP contribution in [-0.4, -0.2) is 11.4 Å². The number of carbonyl (C=O) groups is 1. The van der Waals surface area contributed by atoms with Gasteiger partial charge >= 0.3 is 0 Å². The molecule has 0 aromatic carbocycles. The lowest BCUT2D eigenvalue weighted by Crippen LogP contribution is -2.43. The zero-order chi connectivity index (χ0) is 11.5. The van der Waals surface area contributed by atoms with E-state index >= 15 is 0 Å². The zero-order valence-electron chi connectivity index (χ0n) is 10.2. The predicted molar refractivity (Wildman–Crippen MR) is 63.5 cm³/mol. The number of nitrogens with one attached hydrogen (secondary N) is 1. The lowest BCUT2D eigenvalue weighted by atomic mass is 9.96. The summed E-state index contributed by atoms with van der Waals surface area (Å²) < 4.78 is 0. The Morgan fingerprint density at radius 2 is 2.13 bits per heavy atom. The van der Waals surface area contributed by atoms with E-state index in [9.17, 15) is 4.79 Å². The molecule has 1 saturated carbocycles. The van der Waals surface area contributed by atoms with Crippen LogP contribution in [0.1, 0.15) is 46.5 Å². The Kier molecular flexibility index (Phi) is 3.95. The van der Waals surface area contributed by atoms with E-state index in [1.807, 2.05) is 26.8 Å². The molecular formula is C13H23NO. The van der Waals surface area contributed by atoms with Crippen LogP contribution in [0.15, 0.2) is 12.7 Å². The van der Waals surface area contributed by atoms with Crippen LogP contribution in [0.25, 0.3) is 0 Å². The highest BCUT2D eigenvalue weighted by Gasteiger charge is 2.29. The molecule has 0 heterocycles. The average molecular weight is 209 g/mol. The maximum Gasteiger partial charge on any atom is 0.223 e. The Labute approximate surface area is 93.1 Å². The van der Waals surface area contributed by atoms with Gasteiger partial charge in [-0.3, -0.25) is 4.79 Å². The molecule has 0 spiro atoms. The average Bonchev–Trinajstić information content (AvgIpc) is 2.84.